The average Bonchev–Trinajstić information content (AvgIpc) is 2.96. The molecule has 2 aliphatic rings. The van der Waals surface area contributed by atoms with Gasteiger partial charge in [0, 0.05) is 6.54 Å². The molecule has 1 unspecified atom stereocenters. The van der Waals surface area contributed by atoms with Crippen molar-refractivity contribution in [2.24, 2.45) is 0 Å². The highest BCUT2D eigenvalue weighted by Crippen LogP contribution is 2.34. The van der Waals surface area contributed by atoms with Gasteiger partial charge in [0.05, 0.1) is 5.69 Å². The SMILES string of the molecule is CCC1Oc2ccccc2N(CC(=O)NCCCN2CCCCCC2)C1=O. The zero-order valence-electron chi connectivity index (χ0n) is 16.3. The van der Waals surface area contributed by atoms with Crippen LogP contribution in [0, 0.1) is 0 Å². The molecule has 1 saturated heterocycles. The third kappa shape index (κ3) is 5.22. The Kier molecular flexibility index (Phi) is 7.10. The molecular formula is C21H31N3O3. The number of hydrogen-bond acceptors (Lipinski definition) is 4. The highest BCUT2D eigenvalue weighted by atomic mass is 16.5. The fourth-order valence-electron chi connectivity index (χ4n) is 3.79. The number of nitrogens with one attached hydrogen (secondary N) is 1. The first-order valence-electron chi connectivity index (χ1n) is 10.2. The van der Waals surface area contributed by atoms with Crippen LogP contribution >= 0.6 is 0 Å². The van der Waals surface area contributed by atoms with Crippen LogP contribution in [0.2, 0.25) is 0 Å². The minimum absolute atomic E-state index is 0.0411. The van der Waals surface area contributed by atoms with Crippen molar-refractivity contribution in [2.75, 3.05) is 37.6 Å². The number of likely N-dealkylation sites (tertiary alicyclic amines) is 1. The van der Waals surface area contributed by atoms with Crippen LogP contribution in [-0.2, 0) is 9.59 Å². The number of ether oxygens (including phenoxy) is 1. The second-order valence-electron chi connectivity index (χ2n) is 7.37. The molecule has 0 aromatic heterocycles. The van der Waals surface area contributed by atoms with Crippen molar-refractivity contribution in [3.8, 4) is 5.75 Å². The van der Waals surface area contributed by atoms with E-state index in [1.54, 1.807) is 4.90 Å². The van der Waals surface area contributed by atoms with E-state index in [0.29, 0.717) is 24.4 Å². The molecule has 0 bridgehead atoms. The fraction of sp³-hybridized carbons (Fsp3) is 0.619. The van der Waals surface area contributed by atoms with E-state index >= 15 is 0 Å². The summed E-state index contributed by atoms with van der Waals surface area (Å²) in [7, 11) is 0. The van der Waals surface area contributed by atoms with Crippen LogP contribution in [0.15, 0.2) is 24.3 Å². The summed E-state index contributed by atoms with van der Waals surface area (Å²) in [6.45, 7) is 5.97. The van der Waals surface area contributed by atoms with Crippen LogP contribution in [0.4, 0.5) is 5.69 Å². The summed E-state index contributed by atoms with van der Waals surface area (Å²) in [5.74, 6) is 0.402. The Balaban J connectivity index is 1.48. The lowest BCUT2D eigenvalue weighted by Gasteiger charge is -2.33. The van der Waals surface area contributed by atoms with E-state index in [1.807, 2.05) is 31.2 Å². The lowest BCUT2D eigenvalue weighted by molar-refractivity contribution is -0.129. The van der Waals surface area contributed by atoms with Gasteiger partial charge in [0.2, 0.25) is 5.91 Å². The molecular weight excluding hydrogens is 342 g/mol. The first-order valence-corrected chi connectivity index (χ1v) is 10.2. The van der Waals surface area contributed by atoms with Gasteiger partial charge in [0.25, 0.3) is 5.91 Å². The molecule has 2 aliphatic heterocycles. The lowest BCUT2D eigenvalue weighted by Crippen LogP contribution is -2.49. The van der Waals surface area contributed by atoms with Gasteiger partial charge in [0.15, 0.2) is 6.10 Å². The van der Waals surface area contributed by atoms with Crippen molar-refractivity contribution in [3.63, 3.8) is 0 Å². The standard InChI is InChI=1S/C21H31N3O3/c1-2-18-21(26)24(17-10-5-6-11-19(17)27-18)16-20(25)22-12-9-15-23-13-7-3-4-8-14-23/h5-6,10-11,18H,2-4,7-9,12-16H2,1H3,(H,22,25). The van der Waals surface area contributed by atoms with Gasteiger partial charge in [-0.05, 0) is 57.5 Å². The first kappa shape index (κ1) is 19.7. The van der Waals surface area contributed by atoms with Gasteiger partial charge in [-0.1, -0.05) is 31.9 Å². The molecule has 1 atom stereocenters. The van der Waals surface area contributed by atoms with Crippen LogP contribution in [0.25, 0.3) is 0 Å². The Morgan fingerprint density at radius 2 is 1.93 bits per heavy atom. The van der Waals surface area contributed by atoms with Crippen molar-refractivity contribution in [3.05, 3.63) is 24.3 Å². The molecule has 3 rings (SSSR count). The quantitative estimate of drug-likeness (QED) is 0.746. The molecule has 1 N–H and O–H groups in total. The predicted octanol–water partition coefficient (Wildman–Crippen LogP) is 2.57. The monoisotopic (exact) mass is 373 g/mol. The van der Waals surface area contributed by atoms with E-state index in [9.17, 15) is 9.59 Å². The predicted molar refractivity (Wildman–Crippen MR) is 106 cm³/mol. The number of fused-ring (bicyclic) bond motifs is 1. The van der Waals surface area contributed by atoms with Crippen LogP contribution in [0.5, 0.6) is 5.75 Å². The van der Waals surface area contributed by atoms with E-state index in [2.05, 4.69) is 10.2 Å². The number of anilines is 1. The van der Waals surface area contributed by atoms with E-state index in [-0.39, 0.29) is 18.4 Å². The van der Waals surface area contributed by atoms with E-state index in [0.717, 1.165) is 13.0 Å². The second-order valence-corrected chi connectivity index (χ2v) is 7.37. The van der Waals surface area contributed by atoms with Gasteiger partial charge in [-0.15, -0.1) is 0 Å². The van der Waals surface area contributed by atoms with Crippen LogP contribution < -0.4 is 15.0 Å². The van der Waals surface area contributed by atoms with Crippen molar-refractivity contribution >= 4 is 17.5 Å². The largest absolute Gasteiger partial charge is 0.478 e. The third-order valence-corrected chi connectivity index (χ3v) is 5.31. The number of amides is 2. The van der Waals surface area contributed by atoms with Gasteiger partial charge < -0.3 is 15.0 Å². The van der Waals surface area contributed by atoms with Crippen LogP contribution in [0.3, 0.4) is 0 Å². The summed E-state index contributed by atoms with van der Waals surface area (Å²) in [4.78, 5) is 29.1. The Hall–Kier alpha value is -2.08. The molecule has 0 radical (unpaired) electrons. The Labute approximate surface area is 161 Å². The van der Waals surface area contributed by atoms with Crippen molar-refractivity contribution < 1.29 is 14.3 Å². The molecule has 0 aliphatic carbocycles. The Morgan fingerprint density at radius 3 is 2.67 bits per heavy atom. The molecule has 1 aromatic carbocycles. The summed E-state index contributed by atoms with van der Waals surface area (Å²) in [6, 6.07) is 7.40. The number of carbonyl (C=O) groups is 2. The molecule has 0 spiro atoms. The molecule has 148 valence electrons. The molecule has 6 nitrogen and oxygen atoms in total. The Bertz CT molecular complexity index is 641. The Morgan fingerprint density at radius 1 is 1.19 bits per heavy atom. The average molecular weight is 373 g/mol. The lowest BCUT2D eigenvalue weighted by atomic mass is 10.1. The molecule has 0 saturated carbocycles. The fourth-order valence-corrected chi connectivity index (χ4v) is 3.79. The molecule has 2 amide bonds. The van der Waals surface area contributed by atoms with Gasteiger partial charge in [0.1, 0.15) is 12.3 Å². The number of nitrogens with zero attached hydrogens (tertiary/aromatic N) is 2. The number of carbonyl (C=O) groups excluding carboxylic acids is 2. The highest BCUT2D eigenvalue weighted by molar-refractivity contribution is 6.03. The molecule has 1 fully saturated rings. The van der Waals surface area contributed by atoms with Gasteiger partial charge in [-0.3, -0.25) is 14.5 Å². The minimum Gasteiger partial charge on any atom is -0.478 e. The topological polar surface area (TPSA) is 61.9 Å². The van der Waals surface area contributed by atoms with E-state index in [4.69, 9.17) is 4.74 Å². The zero-order valence-corrected chi connectivity index (χ0v) is 16.3. The summed E-state index contributed by atoms with van der Waals surface area (Å²) < 4.78 is 5.75. The maximum Gasteiger partial charge on any atom is 0.268 e. The molecule has 2 heterocycles. The molecule has 1 aromatic rings. The molecule has 27 heavy (non-hydrogen) atoms. The van der Waals surface area contributed by atoms with Crippen LogP contribution in [0.1, 0.15) is 45.4 Å². The number of rotatable bonds is 7. The zero-order chi connectivity index (χ0) is 19.1. The summed E-state index contributed by atoms with van der Waals surface area (Å²) in [5.41, 5.74) is 0.673. The maximum atomic E-state index is 12.6. The van der Waals surface area contributed by atoms with Crippen molar-refractivity contribution in [1.29, 1.82) is 0 Å². The van der Waals surface area contributed by atoms with Gasteiger partial charge in [-0.25, -0.2) is 0 Å². The smallest absolute Gasteiger partial charge is 0.268 e. The number of hydrogen-bond donors (Lipinski definition) is 1. The van der Waals surface area contributed by atoms with Crippen LogP contribution in [-0.4, -0.2) is 55.5 Å². The van der Waals surface area contributed by atoms with Crippen molar-refractivity contribution in [2.45, 2.75) is 51.6 Å². The van der Waals surface area contributed by atoms with Gasteiger partial charge in [-0.2, -0.15) is 0 Å². The number of benzene rings is 1. The summed E-state index contributed by atoms with van der Waals surface area (Å²) >= 11 is 0. The maximum absolute atomic E-state index is 12.6. The van der Waals surface area contributed by atoms with E-state index < -0.39 is 6.10 Å². The normalized spacial score (nSPS) is 20.6. The first-order chi connectivity index (χ1) is 13.2. The van der Waals surface area contributed by atoms with E-state index in [1.165, 1.54) is 38.8 Å². The summed E-state index contributed by atoms with van der Waals surface area (Å²) in [5, 5.41) is 2.97. The second kappa shape index (κ2) is 9.74. The molecule has 6 heteroatoms. The number of para-hydroxylation sites is 2. The highest BCUT2D eigenvalue weighted by Gasteiger charge is 2.34. The van der Waals surface area contributed by atoms with Gasteiger partial charge >= 0.3 is 0 Å². The summed E-state index contributed by atoms with van der Waals surface area (Å²) in [6.07, 6.45) is 6.24. The van der Waals surface area contributed by atoms with Crippen molar-refractivity contribution in [1.82, 2.24) is 10.2 Å². The third-order valence-electron chi connectivity index (χ3n) is 5.31. The minimum atomic E-state index is -0.518.